The van der Waals surface area contributed by atoms with Crippen LogP contribution in [-0.4, -0.2) is 26.7 Å². The fourth-order valence-electron chi connectivity index (χ4n) is 1.62. The first-order valence-corrected chi connectivity index (χ1v) is 6.80. The zero-order chi connectivity index (χ0) is 12.5. The number of hydrogen-bond donors (Lipinski definition) is 2. The molecule has 0 aliphatic rings. The monoisotopic (exact) mass is 300 g/mol. The molecule has 0 spiro atoms. The molecule has 0 heterocycles. The van der Waals surface area contributed by atoms with Gasteiger partial charge in [0.15, 0.2) is 0 Å². The average Bonchev–Trinajstić information content (AvgIpc) is 2.34. The van der Waals surface area contributed by atoms with E-state index in [0.717, 1.165) is 49.1 Å². The minimum absolute atomic E-state index is 0.785. The normalized spacial score (nSPS) is 10.5. The van der Waals surface area contributed by atoms with E-state index < -0.39 is 0 Å². The highest BCUT2D eigenvalue weighted by Crippen LogP contribution is 2.25. The first-order chi connectivity index (χ1) is 8.27. The molecule has 0 aliphatic carbocycles. The molecule has 0 amide bonds. The van der Waals surface area contributed by atoms with Crippen LogP contribution < -0.4 is 15.8 Å². The van der Waals surface area contributed by atoms with E-state index >= 15 is 0 Å². The van der Waals surface area contributed by atoms with Crippen LogP contribution in [0.2, 0.25) is 0 Å². The van der Waals surface area contributed by atoms with Gasteiger partial charge in [0.25, 0.3) is 0 Å². The van der Waals surface area contributed by atoms with E-state index in [4.69, 9.17) is 10.5 Å². The number of nitrogens with one attached hydrogen (secondary N) is 1. The predicted octanol–water partition coefficient (Wildman–Crippen LogP) is 2.33. The number of nitrogens with two attached hydrogens (primary N) is 1. The molecule has 0 fully saturated rings. The number of rotatable bonds is 8. The molecule has 0 saturated heterocycles. The van der Waals surface area contributed by atoms with Crippen LogP contribution >= 0.6 is 15.9 Å². The summed E-state index contributed by atoms with van der Waals surface area (Å²) in [5.74, 6) is 0.879. The van der Waals surface area contributed by atoms with Gasteiger partial charge in [-0.15, -0.1) is 0 Å². The van der Waals surface area contributed by atoms with Crippen LogP contribution in [0.15, 0.2) is 22.7 Å². The molecule has 0 bridgehead atoms. The van der Waals surface area contributed by atoms with E-state index in [9.17, 15) is 0 Å². The minimum Gasteiger partial charge on any atom is -0.496 e. The van der Waals surface area contributed by atoms with Crippen molar-refractivity contribution in [2.75, 3.05) is 26.7 Å². The van der Waals surface area contributed by atoms with Gasteiger partial charge in [0.1, 0.15) is 5.75 Å². The van der Waals surface area contributed by atoms with Crippen molar-refractivity contribution in [3.63, 3.8) is 0 Å². The summed E-state index contributed by atoms with van der Waals surface area (Å²) in [4.78, 5) is 0. The summed E-state index contributed by atoms with van der Waals surface area (Å²) in [7, 11) is 1.68. The van der Waals surface area contributed by atoms with Gasteiger partial charge < -0.3 is 15.8 Å². The van der Waals surface area contributed by atoms with Crippen LogP contribution in [0.5, 0.6) is 5.75 Å². The molecule has 1 rings (SSSR count). The van der Waals surface area contributed by atoms with Crippen molar-refractivity contribution in [1.82, 2.24) is 5.32 Å². The Morgan fingerprint density at radius 3 is 2.76 bits per heavy atom. The zero-order valence-corrected chi connectivity index (χ0v) is 11.9. The summed E-state index contributed by atoms with van der Waals surface area (Å²) in [6.45, 7) is 2.84. The molecule has 3 nitrogen and oxygen atoms in total. The van der Waals surface area contributed by atoms with Crippen LogP contribution in [0.4, 0.5) is 0 Å². The van der Waals surface area contributed by atoms with Crippen molar-refractivity contribution in [1.29, 1.82) is 0 Å². The standard InChI is InChI=1S/C13H21BrN2O/c1-17-13-5-4-11(10-12(13)14)6-9-16-8-3-2-7-15/h4-5,10,16H,2-3,6-9,15H2,1H3. The Bertz CT molecular complexity index is 331. The smallest absolute Gasteiger partial charge is 0.133 e. The van der Waals surface area contributed by atoms with E-state index in [1.807, 2.05) is 6.07 Å². The van der Waals surface area contributed by atoms with Crippen molar-refractivity contribution in [2.45, 2.75) is 19.3 Å². The molecule has 0 saturated carbocycles. The lowest BCUT2D eigenvalue weighted by molar-refractivity contribution is 0.412. The van der Waals surface area contributed by atoms with Crippen molar-refractivity contribution in [3.05, 3.63) is 28.2 Å². The second-order valence-electron chi connectivity index (χ2n) is 3.96. The van der Waals surface area contributed by atoms with Crippen molar-refractivity contribution in [2.24, 2.45) is 5.73 Å². The third kappa shape index (κ3) is 5.52. The molecule has 0 aliphatic heterocycles. The Morgan fingerprint density at radius 1 is 1.29 bits per heavy atom. The lowest BCUT2D eigenvalue weighted by Gasteiger charge is -2.07. The van der Waals surface area contributed by atoms with Crippen LogP contribution in [0.1, 0.15) is 18.4 Å². The molecule has 1 aromatic carbocycles. The average molecular weight is 301 g/mol. The third-order valence-electron chi connectivity index (χ3n) is 2.61. The number of hydrogen-bond acceptors (Lipinski definition) is 3. The highest BCUT2D eigenvalue weighted by atomic mass is 79.9. The number of halogens is 1. The number of unbranched alkanes of at least 4 members (excludes halogenated alkanes) is 1. The maximum atomic E-state index is 5.43. The van der Waals surface area contributed by atoms with Gasteiger partial charge in [-0.05, 0) is 72.5 Å². The van der Waals surface area contributed by atoms with E-state index in [0.29, 0.717) is 0 Å². The second kappa shape index (κ2) is 8.50. The third-order valence-corrected chi connectivity index (χ3v) is 3.23. The van der Waals surface area contributed by atoms with Gasteiger partial charge >= 0.3 is 0 Å². The Kier molecular flexibility index (Phi) is 7.24. The van der Waals surface area contributed by atoms with E-state index in [1.54, 1.807) is 7.11 Å². The quantitative estimate of drug-likeness (QED) is 0.725. The molecule has 0 aromatic heterocycles. The molecule has 0 radical (unpaired) electrons. The Labute approximate surface area is 112 Å². The van der Waals surface area contributed by atoms with Gasteiger partial charge in [-0.3, -0.25) is 0 Å². The van der Waals surface area contributed by atoms with Crippen LogP contribution in [-0.2, 0) is 6.42 Å². The highest BCUT2D eigenvalue weighted by Gasteiger charge is 2.00. The molecule has 0 atom stereocenters. The van der Waals surface area contributed by atoms with Crippen LogP contribution in [0.3, 0.4) is 0 Å². The number of benzene rings is 1. The molecule has 17 heavy (non-hydrogen) atoms. The molecule has 3 N–H and O–H groups in total. The molecule has 1 aromatic rings. The fraction of sp³-hybridized carbons (Fsp3) is 0.538. The first-order valence-electron chi connectivity index (χ1n) is 6.01. The Hall–Kier alpha value is -0.580. The summed E-state index contributed by atoms with van der Waals surface area (Å²) < 4.78 is 6.21. The Morgan fingerprint density at radius 2 is 2.12 bits per heavy atom. The maximum absolute atomic E-state index is 5.43. The number of methoxy groups -OCH3 is 1. The second-order valence-corrected chi connectivity index (χ2v) is 4.82. The van der Waals surface area contributed by atoms with Crippen LogP contribution in [0, 0.1) is 0 Å². The highest BCUT2D eigenvalue weighted by molar-refractivity contribution is 9.10. The van der Waals surface area contributed by atoms with Crippen molar-refractivity contribution < 1.29 is 4.74 Å². The SMILES string of the molecule is COc1ccc(CCNCCCCN)cc1Br. The van der Waals surface area contributed by atoms with Gasteiger partial charge in [0.2, 0.25) is 0 Å². The summed E-state index contributed by atoms with van der Waals surface area (Å²) in [5, 5.41) is 3.41. The van der Waals surface area contributed by atoms with Crippen molar-refractivity contribution >= 4 is 15.9 Å². The summed E-state index contributed by atoms with van der Waals surface area (Å²) >= 11 is 3.49. The largest absolute Gasteiger partial charge is 0.496 e. The van der Waals surface area contributed by atoms with Gasteiger partial charge in [0.05, 0.1) is 11.6 Å². The van der Waals surface area contributed by atoms with Gasteiger partial charge in [-0.2, -0.15) is 0 Å². The first kappa shape index (κ1) is 14.5. The van der Waals surface area contributed by atoms with Gasteiger partial charge in [0, 0.05) is 0 Å². The Balaban J connectivity index is 2.25. The van der Waals surface area contributed by atoms with E-state index in [1.165, 1.54) is 5.56 Å². The molecular formula is C13H21BrN2O. The maximum Gasteiger partial charge on any atom is 0.133 e. The lowest BCUT2D eigenvalue weighted by atomic mass is 10.1. The molecular weight excluding hydrogens is 280 g/mol. The van der Waals surface area contributed by atoms with Gasteiger partial charge in [-0.25, -0.2) is 0 Å². The fourth-order valence-corrected chi connectivity index (χ4v) is 2.21. The summed E-state index contributed by atoms with van der Waals surface area (Å²) in [5.41, 5.74) is 6.74. The number of ether oxygens (including phenoxy) is 1. The van der Waals surface area contributed by atoms with Crippen molar-refractivity contribution in [3.8, 4) is 5.75 Å². The van der Waals surface area contributed by atoms with E-state index in [-0.39, 0.29) is 0 Å². The molecule has 4 heteroatoms. The summed E-state index contributed by atoms with van der Waals surface area (Å²) in [6.07, 6.45) is 3.29. The predicted molar refractivity (Wildman–Crippen MR) is 75.6 cm³/mol. The summed E-state index contributed by atoms with van der Waals surface area (Å²) in [6, 6.07) is 6.21. The molecule has 0 unspecified atom stereocenters. The van der Waals surface area contributed by atoms with E-state index in [2.05, 4.69) is 33.4 Å². The van der Waals surface area contributed by atoms with Crippen LogP contribution in [0.25, 0.3) is 0 Å². The lowest BCUT2D eigenvalue weighted by Crippen LogP contribution is -2.19. The topological polar surface area (TPSA) is 47.3 Å². The zero-order valence-electron chi connectivity index (χ0n) is 10.3. The van der Waals surface area contributed by atoms with Gasteiger partial charge in [-0.1, -0.05) is 6.07 Å². The minimum atomic E-state index is 0.785. The molecule has 96 valence electrons.